The molecule has 14 nitrogen and oxygen atoms in total. The lowest BCUT2D eigenvalue weighted by Gasteiger charge is -2.28. The third kappa shape index (κ3) is 7.39. The summed E-state index contributed by atoms with van der Waals surface area (Å²) in [4.78, 5) is 50.8. The Labute approximate surface area is 235 Å². The predicted molar refractivity (Wildman–Crippen MR) is 141 cm³/mol. The first-order valence-corrected chi connectivity index (χ1v) is 13.1. The number of ether oxygens (including phenoxy) is 5. The Hall–Kier alpha value is -4.03. The predicted octanol–water partition coefficient (Wildman–Crippen LogP) is 0.684. The van der Waals surface area contributed by atoms with Crippen molar-refractivity contribution >= 4 is 12.1 Å². The van der Waals surface area contributed by atoms with Crippen LogP contribution >= 0.6 is 0 Å². The minimum atomic E-state index is -1.07. The smallest absolute Gasteiger partial charge is 0.407 e. The Bertz CT molecular complexity index is 1370. The maximum Gasteiger partial charge on any atom is 0.407 e. The second-order valence-corrected chi connectivity index (χ2v) is 10.1. The standard InChI is InChI=1S/C27H33N5O9/c1-27(2)40-21-20(39-23(22(21)41-27)32-13-11-19(33)31-25(32)35)18(14-28)30-17(24(34)37-3)10-7-12-29-26(36)38-15-16-8-5-4-6-9-16/h4-6,8-9,11,13,17-18,20-23,30H,7,10,12,15H2,1-3H3,(H,29,36)(H,31,33,35)/t17-,18+,20+,21+,22+,23+/m0/s1. The average Bonchev–Trinajstić information content (AvgIpc) is 3.44. The quantitative estimate of drug-likeness (QED) is 0.255. The Morgan fingerprint density at radius 1 is 1.17 bits per heavy atom. The van der Waals surface area contributed by atoms with Gasteiger partial charge in [-0.15, -0.1) is 0 Å². The van der Waals surface area contributed by atoms with E-state index in [1.807, 2.05) is 30.3 Å². The summed E-state index contributed by atoms with van der Waals surface area (Å²) in [6.07, 6.45) is -2.23. The average molecular weight is 572 g/mol. The molecule has 0 spiro atoms. The van der Waals surface area contributed by atoms with Crippen LogP contribution in [0.3, 0.4) is 0 Å². The number of rotatable bonds is 11. The fourth-order valence-electron chi connectivity index (χ4n) is 4.83. The van der Waals surface area contributed by atoms with E-state index in [9.17, 15) is 24.4 Å². The summed E-state index contributed by atoms with van der Waals surface area (Å²) >= 11 is 0. The minimum Gasteiger partial charge on any atom is -0.468 e. The third-order valence-corrected chi connectivity index (χ3v) is 6.68. The van der Waals surface area contributed by atoms with Crippen molar-refractivity contribution in [2.75, 3.05) is 13.7 Å². The first-order valence-electron chi connectivity index (χ1n) is 13.1. The molecule has 0 unspecified atom stereocenters. The highest BCUT2D eigenvalue weighted by Gasteiger charge is 2.58. The van der Waals surface area contributed by atoms with E-state index in [4.69, 9.17) is 23.7 Å². The number of nitriles is 1. The molecule has 2 aliphatic rings. The molecule has 1 aromatic heterocycles. The molecule has 220 valence electrons. The van der Waals surface area contributed by atoms with E-state index in [1.54, 1.807) is 13.8 Å². The number of amides is 1. The maximum atomic E-state index is 12.6. The van der Waals surface area contributed by atoms with Crippen LogP contribution in [-0.2, 0) is 35.1 Å². The van der Waals surface area contributed by atoms with Crippen LogP contribution in [0.5, 0.6) is 0 Å². The Balaban J connectivity index is 1.38. The number of carbonyl (C=O) groups is 2. The van der Waals surface area contributed by atoms with Gasteiger partial charge in [-0.2, -0.15) is 5.26 Å². The van der Waals surface area contributed by atoms with Crippen molar-refractivity contribution < 1.29 is 33.3 Å². The van der Waals surface area contributed by atoms with Gasteiger partial charge in [0.15, 0.2) is 12.0 Å². The highest BCUT2D eigenvalue weighted by Crippen LogP contribution is 2.43. The SMILES string of the molecule is COC(=O)[C@H](CCCNC(=O)OCc1ccccc1)N[C@H](C#N)[C@H]1O[C@@H](n2ccc(=O)[nH]c2=O)[C@@H]2OC(C)(C)O[C@@H]21. The van der Waals surface area contributed by atoms with E-state index in [-0.39, 0.29) is 19.6 Å². The monoisotopic (exact) mass is 571 g/mol. The number of hydrogen-bond donors (Lipinski definition) is 3. The van der Waals surface area contributed by atoms with Gasteiger partial charge in [-0.3, -0.25) is 24.5 Å². The van der Waals surface area contributed by atoms with Crippen LogP contribution < -0.4 is 21.9 Å². The number of aromatic nitrogens is 2. The summed E-state index contributed by atoms with van der Waals surface area (Å²) in [5.41, 5.74) is -0.430. The lowest BCUT2D eigenvalue weighted by molar-refractivity contribution is -0.199. The number of esters is 1. The molecular weight excluding hydrogens is 538 g/mol. The molecule has 41 heavy (non-hydrogen) atoms. The molecule has 2 saturated heterocycles. The molecule has 3 heterocycles. The number of benzene rings is 1. The van der Waals surface area contributed by atoms with Crippen molar-refractivity contribution in [2.24, 2.45) is 0 Å². The number of hydrogen-bond acceptors (Lipinski definition) is 11. The van der Waals surface area contributed by atoms with Crippen LogP contribution in [0, 0.1) is 11.3 Å². The molecule has 0 radical (unpaired) electrons. The highest BCUT2D eigenvalue weighted by molar-refractivity contribution is 5.75. The van der Waals surface area contributed by atoms with E-state index in [2.05, 4.69) is 21.7 Å². The summed E-state index contributed by atoms with van der Waals surface area (Å²) in [6.45, 7) is 3.73. The van der Waals surface area contributed by atoms with Crippen molar-refractivity contribution in [3.63, 3.8) is 0 Å². The fraction of sp³-hybridized carbons (Fsp3) is 0.519. The lowest BCUT2D eigenvalue weighted by Crippen LogP contribution is -2.52. The first kappa shape index (κ1) is 29.9. The first-order chi connectivity index (χ1) is 19.6. The number of aromatic amines is 1. The van der Waals surface area contributed by atoms with E-state index >= 15 is 0 Å². The Kier molecular flexibility index (Phi) is 9.56. The second-order valence-electron chi connectivity index (χ2n) is 10.1. The Morgan fingerprint density at radius 2 is 1.90 bits per heavy atom. The van der Waals surface area contributed by atoms with Gasteiger partial charge in [-0.1, -0.05) is 30.3 Å². The van der Waals surface area contributed by atoms with Gasteiger partial charge < -0.3 is 29.0 Å². The fourth-order valence-corrected chi connectivity index (χ4v) is 4.83. The van der Waals surface area contributed by atoms with E-state index in [0.29, 0.717) is 6.42 Å². The molecule has 0 bridgehead atoms. The zero-order valence-electron chi connectivity index (χ0n) is 22.9. The van der Waals surface area contributed by atoms with E-state index < -0.39 is 65.7 Å². The number of carbonyl (C=O) groups excluding carboxylic acids is 2. The summed E-state index contributed by atoms with van der Waals surface area (Å²) in [7, 11) is 1.23. The zero-order valence-corrected chi connectivity index (χ0v) is 22.9. The molecule has 2 fully saturated rings. The van der Waals surface area contributed by atoms with Crippen molar-refractivity contribution in [3.05, 3.63) is 69.0 Å². The molecule has 1 amide bonds. The Morgan fingerprint density at radius 3 is 2.59 bits per heavy atom. The zero-order chi connectivity index (χ0) is 29.6. The van der Waals surface area contributed by atoms with E-state index in [1.165, 1.54) is 23.9 Å². The summed E-state index contributed by atoms with van der Waals surface area (Å²) in [6, 6.07) is 10.5. The number of H-pyrrole nitrogens is 1. The maximum absolute atomic E-state index is 12.6. The van der Waals surface area contributed by atoms with Gasteiger partial charge in [-0.05, 0) is 32.3 Å². The van der Waals surface area contributed by atoms with Crippen LogP contribution in [0.1, 0.15) is 38.5 Å². The largest absolute Gasteiger partial charge is 0.468 e. The molecular formula is C27H33N5O9. The summed E-state index contributed by atoms with van der Waals surface area (Å²) in [5, 5.41) is 15.7. The van der Waals surface area contributed by atoms with Gasteiger partial charge in [0.05, 0.1) is 13.2 Å². The molecule has 2 aromatic rings. The van der Waals surface area contributed by atoms with Crippen LogP contribution in [0.15, 0.2) is 52.2 Å². The van der Waals surface area contributed by atoms with Gasteiger partial charge in [0, 0.05) is 18.8 Å². The molecule has 3 N–H and O–H groups in total. The number of nitrogens with zero attached hydrogens (tertiary/aromatic N) is 2. The van der Waals surface area contributed by atoms with Gasteiger partial charge >= 0.3 is 17.8 Å². The van der Waals surface area contributed by atoms with Crippen LogP contribution in [0.25, 0.3) is 0 Å². The summed E-state index contributed by atoms with van der Waals surface area (Å²) in [5.74, 6) is -1.65. The second kappa shape index (κ2) is 13.1. The normalized spacial score (nSPS) is 24.0. The lowest BCUT2D eigenvalue weighted by atomic mass is 10.0. The number of nitrogens with one attached hydrogen (secondary N) is 3. The number of alkyl carbamates (subject to hydrolysis) is 1. The third-order valence-electron chi connectivity index (χ3n) is 6.68. The van der Waals surface area contributed by atoms with Gasteiger partial charge in [-0.25, -0.2) is 9.59 Å². The van der Waals surface area contributed by atoms with Gasteiger partial charge in [0.2, 0.25) is 0 Å². The van der Waals surface area contributed by atoms with Crippen molar-refractivity contribution in [1.82, 2.24) is 20.2 Å². The highest BCUT2D eigenvalue weighted by atomic mass is 16.8. The van der Waals surface area contributed by atoms with E-state index in [0.717, 1.165) is 5.56 Å². The molecule has 2 aliphatic heterocycles. The molecule has 1 aromatic carbocycles. The molecule has 6 atom stereocenters. The molecule has 4 rings (SSSR count). The minimum absolute atomic E-state index is 0.126. The van der Waals surface area contributed by atoms with Crippen molar-refractivity contribution in [3.8, 4) is 6.07 Å². The number of methoxy groups -OCH3 is 1. The number of fused-ring (bicyclic) bond motifs is 1. The molecule has 14 heteroatoms. The summed E-state index contributed by atoms with van der Waals surface area (Å²) < 4.78 is 29.4. The van der Waals surface area contributed by atoms with Crippen LogP contribution in [0.2, 0.25) is 0 Å². The van der Waals surface area contributed by atoms with Gasteiger partial charge in [0.25, 0.3) is 5.56 Å². The molecule has 0 saturated carbocycles. The van der Waals surface area contributed by atoms with Crippen molar-refractivity contribution in [2.45, 2.75) is 75.7 Å². The topological polar surface area (TPSA) is 183 Å². The van der Waals surface area contributed by atoms with Crippen LogP contribution in [0.4, 0.5) is 4.79 Å². The molecule has 0 aliphatic carbocycles. The van der Waals surface area contributed by atoms with Gasteiger partial charge in [0.1, 0.15) is 37.0 Å². The van der Waals surface area contributed by atoms with Crippen molar-refractivity contribution in [1.29, 1.82) is 5.26 Å². The van der Waals surface area contributed by atoms with Crippen LogP contribution in [-0.4, -0.2) is 71.5 Å².